The number of halogens is 5. The molecule has 0 unspecified atom stereocenters. The topological polar surface area (TPSA) is 0 Å². The lowest BCUT2D eigenvalue weighted by atomic mass is 10.1. The fraction of sp³-hybridized carbons (Fsp3) is 0.0526. The van der Waals surface area contributed by atoms with E-state index in [0.717, 1.165) is 18.2 Å². The Labute approximate surface area is 134 Å². The molecule has 0 heterocycles. The Balaban J connectivity index is 2.09. The van der Waals surface area contributed by atoms with E-state index in [1.165, 1.54) is 18.2 Å². The molecule has 0 N–H and O–H groups in total. The maximum absolute atomic E-state index is 13.7. The monoisotopic (exact) mass is 332 g/mol. The molecular formula is C19H9F5. The molecule has 0 fully saturated rings. The number of rotatable bonds is 0. The Morgan fingerprint density at radius 3 is 2.04 bits per heavy atom. The van der Waals surface area contributed by atoms with E-state index < -0.39 is 34.6 Å². The van der Waals surface area contributed by atoms with Crippen LogP contribution < -0.4 is 0 Å². The van der Waals surface area contributed by atoms with Crippen LogP contribution in [-0.2, 0) is 0 Å². The summed E-state index contributed by atoms with van der Waals surface area (Å²) in [5.74, 6) is -0.837. The van der Waals surface area contributed by atoms with E-state index in [2.05, 4.69) is 11.8 Å². The standard InChI is InChI=1S/C19H9F5/c1-10-6-15(20)14(16(21)7-10)5-3-11-2-4-13-12(8-11)9-17(22)19(24)18(13)23/h2,4,6-9H,1H3. The third-order valence-corrected chi connectivity index (χ3v) is 3.49. The van der Waals surface area contributed by atoms with Gasteiger partial charge in [-0.2, -0.15) is 0 Å². The smallest absolute Gasteiger partial charge is 0.195 e. The highest BCUT2D eigenvalue weighted by atomic mass is 19.2. The average molecular weight is 332 g/mol. The molecule has 0 bridgehead atoms. The van der Waals surface area contributed by atoms with Gasteiger partial charge >= 0.3 is 0 Å². The maximum Gasteiger partial charge on any atom is 0.195 e. The van der Waals surface area contributed by atoms with Crippen LogP contribution in [0.3, 0.4) is 0 Å². The molecule has 3 aromatic carbocycles. The minimum atomic E-state index is -1.55. The van der Waals surface area contributed by atoms with Crippen LogP contribution in [0.25, 0.3) is 10.8 Å². The van der Waals surface area contributed by atoms with Gasteiger partial charge in [0.15, 0.2) is 17.5 Å². The van der Waals surface area contributed by atoms with E-state index in [1.54, 1.807) is 6.92 Å². The van der Waals surface area contributed by atoms with Crippen LogP contribution in [0.1, 0.15) is 16.7 Å². The van der Waals surface area contributed by atoms with Gasteiger partial charge in [0.05, 0.1) is 5.56 Å². The zero-order chi connectivity index (χ0) is 17.4. The van der Waals surface area contributed by atoms with E-state index >= 15 is 0 Å². The minimum absolute atomic E-state index is 0.100. The second kappa shape index (κ2) is 5.97. The number of hydrogen-bond acceptors (Lipinski definition) is 0. The van der Waals surface area contributed by atoms with Crippen molar-refractivity contribution < 1.29 is 22.0 Å². The van der Waals surface area contributed by atoms with Crippen LogP contribution in [0, 0.1) is 47.9 Å². The van der Waals surface area contributed by atoms with Gasteiger partial charge in [-0.25, -0.2) is 22.0 Å². The van der Waals surface area contributed by atoms with E-state index in [0.29, 0.717) is 5.56 Å². The summed E-state index contributed by atoms with van der Waals surface area (Å²) in [6, 6.07) is 7.06. The molecule has 5 heteroatoms. The zero-order valence-corrected chi connectivity index (χ0v) is 12.4. The van der Waals surface area contributed by atoms with Crippen molar-refractivity contribution >= 4 is 10.8 Å². The van der Waals surface area contributed by atoms with Gasteiger partial charge in [-0.05, 0) is 48.2 Å². The highest BCUT2D eigenvalue weighted by molar-refractivity contribution is 5.84. The van der Waals surface area contributed by atoms with Gasteiger partial charge in [0, 0.05) is 10.9 Å². The van der Waals surface area contributed by atoms with Crippen LogP contribution in [0.4, 0.5) is 22.0 Å². The fourth-order valence-electron chi connectivity index (χ4n) is 2.34. The van der Waals surface area contributed by atoms with Crippen molar-refractivity contribution in [2.24, 2.45) is 0 Å². The number of fused-ring (bicyclic) bond motifs is 1. The summed E-state index contributed by atoms with van der Waals surface area (Å²) in [6.07, 6.45) is 0. The molecule has 0 aliphatic rings. The van der Waals surface area contributed by atoms with Crippen LogP contribution >= 0.6 is 0 Å². The first kappa shape index (κ1) is 16.0. The van der Waals surface area contributed by atoms with E-state index in [-0.39, 0.29) is 16.3 Å². The Morgan fingerprint density at radius 1 is 0.708 bits per heavy atom. The van der Waals surface area contributed by atoms with Crippen molar-refractivity contribution in [2.45, 2.75) is 6.92 Å². The van der Waals surface area contributed by atoms with E-state index in [1.807, 2.05) is 0 Å². The highest BCUT2D eigenvalue weighted by Crippen LogP contribution is 2.24. The molecule has 0 saturated carbocycles. The van der Waals surface area contributed by atoms with Gasteiger partial charge in [0.25, 0.3) is 0 Å². The van der Waals surface area contributed by atoms with Crippen molar-refractivity contribution in [2.75, 3.05) is 0 Å². The van der Waals surface area contributed by atoms with Gasteiger partial charge in [-0.3, -0.25) is 0 Å². The maximum atomic E-state index is 13.7. The molecule has 120 valence electrons. The third kappa shape index (κ3) is 2.83. The lowest BCUT2D eigenvalue weighted by Crippen LogP contribution is -1.93. The highest BCUT2D eigenvalue weighted by Gasteiger charge is 2.13. The normalized spacial score (nSPS) is 10.6. The SMILES string of the molecule is Cc1cc(F)c(C#Cc2ccc3c(F)c(F)c(F)cc3c2)c(F)c1. The second-order valence-electron chi connectivity index (χ2n) is 5.28. The Bertz CT molecular complexity index is 1000. The molecule has 0 aliphatic carbocycles. The lowest BCUT2D eigenvalue weighted by Gasteiger charge is -2.03. The average Bonchev–Trinajstić information content (AvgIpc) is 2.51. The number of benzene rings is 3. The largest absolute Gasteiger partial charge is 0.206 e. The molecule has 0 saturated heterocycles. The van der Waals surface area contributed by atoms with Crippen molar-refractivity contribution in [3.8, 4) is 11.8 Å². The molecule has 24 heavy (non-hydrogen) atoms. The van der Waals surface area contributed by atoms with Crippen LogP contribution in [0.2, 0.25) is 0 Å². The molecule has 0 nitrogen and oxygen atoms in total. The Kier molecular flexibility index (Phi) is 3.98. The van der Waals surface area contributed by atoms with Gasteiger partial charge < -0.3 is 0 Å². The van der Waals surface area contributed by atoms with Crippen molar-refractivity contribution in [3.05, 3.63) is 82.2 Å². The fourth-order valence-corrected chi connectivity index (χ4v) is 2.34. The summed E-state index contributed by atoms with van der Waals surface area (Å²) >= 11 is 0. The molecule has 0 atom stereocenters. The predicted molar refractivity (Wildman–Crippen MR) is 80.9 cm³/mol. The molecule has 3 aromatic rings. The molecule has 0 aromatic heterocycles. The second-order valence-corrected chi connectivity index (χ2v) is 5.28. The molecular weight excluding hydrogens is 323 g/mol. The quantitative estimate of drug-likeness (QED) is 0.300. The van der Waals surface area contributed by atoms with Crippen LogP contribution in [-0.4, -0.2) is 0 Å². The summed E-state index contributed by atoms with van der Waals surface area (Å²) in [6.45, 7) is 1.55. The van der Waals surface area contributed by atoms with Crippen molar-refractivity contribution in [3.63, 3.8) is 0 Å². The summed E-state index contributed by atoms with van der Waals surface area (Å²) in [4.78, 5) is 0. The molecule has 0 radical (unpaired) electrons. The van der Waals surface area contributed by atoms with E-state index in [4.69, 9.17) is 0 Å². The van der Waals surface area contributed by atoms with Gasteiger partial charge in [0.2, 0.25) is 0 Å². The number of aryl methyl sites for hydroxylation is 1. The van der Waals surface area contributed by atoms with Crippen LogP contribution in [0.15, 0.2) is 36.4 Å². The Morgan fingerprint density at radius 2 is 1.38 bits per heavy atom. The van der Waals surface area contributed by atoms with Crippen molar-refractivity contribution in [1.29, 1.82) is 0 Å². The number of hydrogen-bond donors (Lipinski definition) is 0. The summed E-state index contributed by atoms with van der Waals surface area (Å²) in [7, 11) is 0. The van der Waals surface area contributed by atoms with E-state index in [9.17, 15) is 22.0 Å². The van der Waals surface area contributed by atoms with Gasteiger partial charge in [-0.15, -0.1) is 0 Å². The summed E-state index contributed by atoms with van der Waals surface area (Å²) in [5.41, 5.74) is 0.318. The van der Waals surface area contributed by atoms with Gasteiger partial charge in [-0.1, -0.05) is 17.9 Å². The molecule has 3 rings (SSSR count). The first-order valence-electron chi connectivity index (χ1n) is 6.91. The summed E-state index contributed by atoms with van der Waals surface area (Å²) < 4.78 is 67.6. The van der Waals surface area contributed by atoms with Crippen LogP contribution in [0.5, 0.6) is 0 Å². The molecule has 0 amide bonds. The lowest BCUT2D eigenvalue weighted by molar-refractivity contribution is 0.453. The summed E-state index contributed by atoms with van der Waals surface area (Å²) in [5, 5.41) is -0.00445. The Hall–Kier alpha value is -2.87. The molecule has 0 aliphatic heterocycles. The minimum Gasteiger partial charge on any atom is -0.206 e. The first-order chi connectivity index (χ1) is 11.4. The predicted octanol–water partition coefficient (Wildman–Crippen LogP) is 5.24. The molecule has 0 spiro atoms. The zero-order valence-electron chi connectivity index (χ0n) is 12.4. The van der Waals surface area contributed by atoms with Gasteiger partial charge in [0.1, 0.15) is 11.6 Å². The first-order valence-corrected chi connectivity index (χ1v) is 6.91. The van der Waals surface area contributed by atoms with Crippen molar-refractivity contribution in [1.82, 2.24) is 0 Å². The third-order valence-electron chi connectivity index (χ3n) is 3.49.